The minimum atomic E-state index is 0.504. The lowest BCUT2D eigenvalue weighted by Crippen LogP contribution is -2.12. The molecule has 0 atom stereocenters. The van der Waals surface area contributed by atoms with Gasteiger partial charge in [-0.15, -0.1) is 0 Å². The van der Waals surface area contributed by atoms with Gasteiger partial charge >= 0.3 is 0 Å². The zero-order valence-electron chi connectivity index (χ0n) is 18.1. The minimum Gasteiger partial charge on any atom is -0.489 e. The summed E-state index contributed by atoms with van der Waals surface area (Å²) in [6.07, 6.45) is 0. The molecule has 0 aliphatic carbocycles. The fraction of sp³-hybridized carbons (Fsp3) is 0.103. The van der Waals surface area contributed by atoms with Gasteiger partial charge in [0.1, 0.15) is 19.0 Å². The highest BCUT2D eigenvalue weighted by molar-refractivity contribution is 5.91. The number of para-hydroxylation sites is 1. The van der Waals surface area contributed by atoms with Crippen molar-refractivity contribution in [2.24, 2.45) is 0 Å². The lowest BCUT2D eigenvalue weighted by molar-refractivity contribution is 0.111. The van der Waals surface area contributed by atoms with Crippen LogP contribution in [0.15, 0.2) is 109 Å². The highest BCUT2D eigenvalue weighted by Crippen LogP contribution is 2.33. The second-order valence-electron chi connectivity index (χ2n) is 7.84. The molecule has 32 heavy (non-hydrogen) atoms. The van der Waals surface area contributed by atoms with Crippen LogP contribution in [-0.2, 0) is 13.2 Å². The average Bonchev–Trinajstić information content (AvgIpc) is 3.15. The highest BCUT2D eigenvalue weighted by atomic mass is 16.7. The van der Waals surface area contributed by atoms with Gasteiger partial charge in [-0.25, -0.2) is 0 Å². The number of aromatic nitrogens is 1. The lowest BCUT2D eigenvalue weighted by atomic mass is 10.1. The molecule has 0 N–H and O–H groups in total. The van der Waals surface area contributed by atoms with E-state index in [4.69, 9.17) is 9.57 Å². The lowest BCUT2D eigenvalue weighted by Gasteiger charge is -2.14. The van der Waals surface area contributed by atoms with Crippen LogP contribution < -0.4 is 9.57 Å². The summed E-state index contributed by atoms with van der Waals surface area (Å²) >= 11 is 0. The molecular weight excluding hydrogens is 394 g/mol. The first-order chi connectivity index (χ1) is 15.8. The first-order valence-electron chi connectivity index (χ1n) is 10.8. The molecule has 5 rings (SSSR count). The molecule has 0 aliphatic rings. The Hall–Kier alpha value is -3.98. The maximum Gasteiger partial charge on any atom is 0.140 e. The van der Waals surface area contributed by atoms with Crippen molar-refractivity contribution in [3.05, 3.63) is 126 Å². The third-order valence-electron chi connectivity index (χ3n) is 5.66. The van der Waals surface area contributed by atoms with E-state index in [1.165, 1.54) is 10.9 Å². The van der Waals surface area contributed by atoms with Crippen molar-refractivity contribution >= 4 is 10.9 Å². The van der Waals surface area contributed by atoms with E-state index < -0.39 is 0 Å². The molecule has 0 amide bonds. The highest BCUT2D eigenvalue weighted by Gasteiger charge is 2.17. The standard InChI is InChI=1S/C29H25NO2/c1-22-27-14-8-9-15-28(27)30(32-21-24-12-6-3-7-13-24)29(22)25-16-18-26(19-17-25)31-20-23-10-4-2-5-11-23/h2-19H,20-21H2,1H3. The largest absolute Gasteiger partial charge is 0.489 e. The normalized spacial score (nSPS) is 10.9. The summed E-state index contributed by atoms with van der Waals surface area (Å²) in [6, 6.07) is 37.1. The second-order valence-corrected chi connectivity index (χ2v) is 7.84. The number of aryl methyl sites for hydroxylation is 1. The molecular formula is C29H25NO2. The Balaban J connectivity index is 1.44. The van der Waals surface area contributed by atoms with Crippen LogP contribution in [-0.4, -0.2) is 4.73 Å². The maximum absolute atomic E-state index is 6.33. The van der Waals surface area contributed by atoms with Crippen LogP contribution in [0.4, 0.5) is 0 Å². The van der Waals surface area contributed by atoms with Gasteiger partial charge in [0.2, 0.25) is 0 Å². The Kier molecular flexibility index (Phi) is 5.63. The van der Waals surface area contributed by atoms with Crippen LogP contribution in [0.1, 0.15) is 16.7 Å². The molecule has 0 aliphatic heterocycles. The Morgan fingerprint density at radius 3 is 1.91 bits per heavy atom. The van der Waals surface area contributed by atoms with E-state index in [1.54, 1.807) is 0 Å². The summed E-state index contributed by atoms with van der Waals surface area (Å²) < 4.78 is 7.94. The van der Waals surface area contributed by atoms with Crippen molar-refractivity contribution in [2.45, 2.75) is 20.1 Å². The van der Waals surface area contributed by atoms with Crippen LogP contribution in [0, 0.1) is 6.92 Å². The first-order valence-corrected chi connectivity index (χ1v) is 10.8. The molecule has 1 heterocycles. The van der Waals surface area contributed by atoms with Crippen molar-refractivity contribution in [1.29, 1.82) is 0 Å². The molecule has 3 heteroatoms. The zero-order chi connectivity index (χ0) is 21.8. The zero-order valence-corrected chi connectivity index (χ0v) is 18.1. The van der Waals surface area contributed by atoms with Gasteiger partial charge in [-0.3, -0.25) is 0 Å². The van der Waals surface area contributed by atoms with Gasteiger partial charge in [-0.1, -0.05) is 78.9 Å². The second kappa shape index (κ2) is 9.03. The van der Waals surface area contributed by atoms with Gasteiger partial charge in [-0.05, 0) is 53.9 Å². The number of rotatable bonds is 7. The summed E-state index contributed by atoms with van der Waals surface area (Å²) in [7, 11) is 0. The van der Waals surface area contributed by atoms with Gasteiger partial charge in [0.15, 0.2) is 0 Å². The number of hydrogen-bond acceptors (Lipinski definition) is 2. The van der Waals surface area contributed by atoms with Gasteiger partial charge in [-0.2, -0.15) is 4.73 Å². The maximum atomic E-state index is 6.33. The summed E-state index contributed by atoms with van der Waals surface area (Å²) in [6.45, 7) is 3.21. The predicted molar refractivity (Wildman–Crippen MR) is 130 cm³/mol. The topological polar surface area (TPSA) is 23.4 Å². The van der Waals surface area contributed by atoms with Crippen LogP contribution in [0.3, 0.4) is 0 Å². The van der Waals surface area contributed by atoms with E-state index in [0.717, 1.165) is 33.7 Å². The fourth-order valence-corrected chi connectivity index (χ4v) is 4.00. The van der Waals surface area contributed by atoms with Crippen molar-refractivity contribution in [1.82, 2.24) is 4.73 Å². The van der Waals surface area contributed by atoms with E-state index in [9.17, 15) is 0 Å². The summed E-state index contributed by atoms with van der Waals surface area (Å²) in [5, 5.41) is 1.19. The van der Waals surface area contributed by atoms with Crippen molar-refractivity contribution in [3.63, 3.8) is 0 Å². The Bertz CT molecular complexity index is 1310. The predicted octanol–water partition coefficient (Wildman–Crippen LogP) is 6.82. The molecule has 0 spiro atoms. The summed E-state index contributed by atoms with van der Waals surface area (Å²) in [5.74, 6) is 0.850. The van der Waals surface area contributed by atoms with Crippen LogP contribution in [0.2, 0.25) is 0 Å². The Morgan fingerprint density at radius 2 is 1.22 bits per heavy atom. The van der Waals surface area contributed by atoms with Crippen molar-refractivity contribution in [3.8, 4) is 17.0 Å². The minimum absolute atomic E-state index is 0.504. The van der Waals surface area contributed by atoms with Gasteiger partial charge in [0.05, 0.1) is 11.2 Å². The Labute approximate surface area is 188 Å². The van der Waals surface area contributed by atoms with E-state index in [0.29, 0.717) is 13.2 Å². The third-order valence-corrected chi connectivity index (χ3v) is 5.66. The molecule has 1 aromatic heterocycles. The number of fused-ring (bicyclic) bond motifs is 1. The van der Waals surface area contributed by atoms with Crippen LogP contribution in [0.5, 0.6) is 5.75 Å². The molecule has 0 radical (unpaired) electrons. The van der Waals surface area contributed by atoms with Gasteiger partial charge < -0.3 is 9.57 Å². The number of benzene rings is 4. The van der Waals surface area contributed by atoms with E-state index in [1.807, 2.05) is 53.3 Å². The van der Waals surface area contributed by atoms with Gasteiger partial charge in [0, 0.05) is 10.9 Å². The molecule has 0 saturated carbocycles. The van der Waals surface area contributed by atoms with E-state index >= 15 is 0 Å². The SMILES string of the molecule is Cc1c(-c2ccc(OCc3ccccc3)cc2)n(OCc2ccccc2)c2ccccc12. The van der Waals surface area contributed by atoms with Crippen LogP contribution >= 0.6 is 0 Å². The molecule has 4 aromatic carbocycles. The molecule has 0 bridgehead atoms. The molecule has 3 nitrogen and oxygen atoms in total. The monoisotopic (exact) mass is 419 g/mol. The molecule has 158 valence electrons. The van der Waals surface area contributed by atoms with Crippen LogP contribution in [0.25, 0.3) is 22.2 Å². The first kappa shape index (κ1) is 20.0. The van der Waals surface area contributed by atoms with Gasteiger partial charge in [0.25, 0.3) is 0 Å². The molecule has 5 aromatic rings. The third kappa shape index (κ3) is 4.10. The smallest absolute Gasteiger partial charge is 0.140 e. The molecule has 0 unspecified atom stereocenters. The summed E-state index contributed by atoms with van der Waals surface area (Å²) in [5.41, 5.74) is 6.72. The average molecular weight is 420 g/mol. The number of ether oxygens (including phenoxy) is 1. The van der Waals surface area contributed by atoms with E-state index in [-0.39, 0.29) is 0 Å². The quantitative estimate of drug-likeness (QED) is 0.289. The number of nitrogens with zero attached hydrogens (tertiary/aromatic N) is 1. The molecule has 0 saturated heterocycles. The molecule has 0 fully saturated rings. The van der Waals surface area contributed by atoms with E-state index in [2.05, 4.69) is 67.6 Å². The summed E-state index contributed by atoms with van der Waals surface area (Å²) in [4.78, 5) is 6.33. The fourth-order valence-electron chi connectivity index (χ4n) is 4.00. The van der Waals surface area contributed by atoms with Crippen molar-refractivity contribution < 1.29 is 9.57 Å². The number of hydrogen-bond donors (Lipinski definition) is 0. The Morgan fingerprint density at radius 1 is 0.625 bits per heavy atom. The van der Waals surface area contributed by atoms with Crippen molar-refractivity contribution in [2.75, 3.05) is 0 Å².